The molecule has 0 saturated carbocycles. The Bertz CT molecular complexity index is 290. The first-order chi connectivity index (χ1) is 6.56. The summed E-state index contributed by atoms with van der Waals surface area (Å²) >= 11 is 0. The van der Waals surface area contributed by atoms with Crippen LogP contribution in [0.25, 0.3) is 0 Å². The third-order valence-electron chi connectivity index (χ3n) is 1.10. The Labute approximate surface area is 83.7 Å². The van der Waals surface area contributed by atoms with Gasteiger partial charge in [0, 0.05) is 11.9 Å². The summed E-state index contributed by atoms with van der Waals surface area (Å²) in [6, 6.07) is 0. The van der Waals surface area contributed by atoms with Crippen LogP contribution in [0.2, 0.25) is 0 Å². The molecule has 0 aromatic heterocycles. The van der Waals surface area contributed by atoms with Gasteiger partial charge in [-0.2, -0.15) is 0 Å². The second-order valence-electron chi connectivity index (χ2n) is 2.59. The van der Waals surface area contributed by atoms with E-state index in [0.29, 0.717) is 11.5 Å². The van der Waals surface area contributed by atoms with Crippen molar-refractivity contribution in [2.24, 2.45) is 4.99 Å². The molecule has 0 aromatic carbocycles. The minimum absolute atomic E-state index is 0.346. The van der Waals surface area contributed by atoms with Crippen LogP contribution in [0.3, 0.4) is 0 Å². The van der Waals surface area contributed by atoms with Crippen LogP contribution in [0, 0.1) is 0 Å². The molecule has 4 heteroatoms. The molecular formula is C10H14N2O2. The highest BCUT2D eigenvalue weighted by atomic mass is 16.6. The lowest BCUT2D eigenvalue weighted by molar-refractivity contribution is 0.180. The molecular weight excluding hydrogens is 180 g/mol. The van der Waals surface area contributed by atoms with Gasteiger partial charge in [0.2, 0.25) is 0 Å². The molecule has 0 rings (SSSR count). The van der Waals surface area contributed by atoms with E-state index in [2.05, 4.69) is 28.3 Å². The largest absolute Gasteiger partial charge is 0.416 e. The average molecular weight is 194 g/mol. The summed E-state index contributed by atoms with van der Waals surface area (Å²) < 4.78 is 4.68. The van der Waals surface area contributed by atoms with E-state index < -0.39 is 6.09 Å². The van der Waals surface area contributed by atoms with E-state index in [1.165, 1.54) is 6.20 Å². The quantitative estimate of drug-likeness (QED) is 0.424. The van der Waals surface area contributed by atoms with Crippen molar-refractivity contribution in [2.75, 3.05) is 0 Å². The van der Waals surface area contributed by atoms with Crippen molar-refractivity contribution in [2.45, 2.75) is 13.8 Å². The van der Waals surface area contributed by atoms with Crippen LogP contribution in [0.15, 0.2) is 41.4 Å². The van der Waals surface area contributed by atoms with Gasteiger partial charge < -0.3 is 4.74 Å². The maximum absolute atomic E-state index is 11.0. The number of ether oxygens (including phenoxy) is 1. The maximum Gasteiger partial charge on any atom is 0.416 e. The summed E-state index contributed by atoms with van der Waals surface area (Å²) in [5, 5.41) is 2.50. The second-order valence-corrected chi connectivity index (χ2v) is 2.59. The van der Waals surface area contributed by atoms with E-state index >= 15 is 0 Å². The highest BCUT2D eigenvalue weighted by Crippen LogP contribution is 1.94. The molecule has 0 radical (unpaired) electrons. The Morgan fingerprint density at radius 1 is 1.50 bits per heavy atom. The SMILES string of the molecule is C=N/C=C\C=C(/C)NC(=O)OC(=C)C. The van der Waals surface area contributed by atoms with E-state index in [4.69, 9.17) is 0 Å². The van der Waals surface area contributed by atoms with Gasteiger partial charge in [0.05, 0.1) is 5.76 Å². The van der Waals surface area contributed by atoms with Crippen LogP contribution in [0.1, 0.15) is 13.8 Å². The van der Waals surface area contributed by atoms with E-state index in [9.17, 15) is 4.79 Å². The molecule has 0 aliphatic carbocycles. The zero-order valence-corrected chi connectivity index (χ0v) is 8.41. The average Bonchev–Trinajstić information content (AvgIpc) is 2.02. The number of carbonyl (C=O) groups is 1. The molecule has 0 bridgehead atoms. The minimum Gasteiger partial charge on any atom is -0.416 e. The summed E-state index contributed by atoms with van der Waals surface area (Å²) in [7, 11) is 0. The van der Waals surface area contributed by atoms with Crippen LogP contribution in [-0.2, 0) is 4.74 Å². The fraction of sp³-hybridized carbons (Fsp3) is 0.200. The van der Waals surface area contributed by atoms with Crippen molar-refractivity contribution < 1.29 is 9.53 Å². The highest BCUT2D eigenvalue weighted by Gasteiger charge is 2.00. The number of aliphatic imine (C=N–C) groups is 1. The fourth-order valence-corrected chi connectivity index (χ4v) is 0.635. The van der Waals surface area contributed by atoms with Gasteiger partial charge in [0.25, 0.3) is 0 Å². The highest BCUT2D eigenvalue weighted by molar-refractivity contribution is 5.70. The van der Waals surface area contributed by atoms with E-state index in [0.717, 1.165) is 0 Å². The predicted molar refractivity (Wildman–Crippen MR) is 56.9 cm³/mol. The van der Waals surface area contributed by atoms with Gasteiger partial charge in [-0.05, 0) is 32.7 Å². The summed E-state index contributed by atoms with van der Waals surface area (Å²) in [4.78, 5) is 14.5. The molecule has 0 saturated heterocycles. The van der Waals surface area contributed by atoms with Gasteiger partial charge in [0.1, 0.15) is 0 Å². The predicted octanol–water partition coefficient (Wildman–Crippen LogP) is 2.36. The van der Waals surface area contributed by atoms with Gasteiger partial charge in [-0.25, -0.2) is 4.79 Å². The molecule has 0 aliphatic rings. The van der Waals surface area contributed by atoms with Crippen molar-refractivity contribution in [3.8, 4) is 0 Å². The Balaban J connectivity index is 4.04. The lowest BCUT2D eigenvalue weighted by atomic mass is 10.4. The molecule has 0 spiro atoms. The number of nitrogens with zero attached hydrogens (tertiary/aromatic N) is 1. The van der Waals surface area contributed by atoms with Crippen LogP contribution in [-0.4, -0.2) is 12.8 Å². The Morgan fingerprint density at radius 3 is 2.64 bits per heavy atom. The van der Waals surface area contributed by atoms with Gasteiger partial charge in [0.15, 0.2) is 0 Å². The Hall–Kier alpha value is -1.84. The first kappa shape index (κ1) is 12.2. The first-order valence-corrected chi connectivity index (χ1v) is 4.00. The zero-order chi connectivity index (χ0) is 11.0. The monoisotopic (exact) mass is 194 g/mol. The lowest BCUT2D eigenvalue weighted by Gasteiger charge is -2.04. The third-order valence-corrected chi connectivity index (χ3v) is 1.10. The Morgan fingerprint density at radius 2 is 2.14 bits per heavy atom. The maximum atomic E-state index is 11.0. The molecule has 1 N–H and O–H groups in total. The molecule has 0 aliphatic heterocycles. The summed E-state index contributed by atoms with van der Waals surface area (Å²) in [6.45, 7) is 10.0. The van der Waals surface area contributed by atoms with Crippen LogP contribution in [0.4, 0.5) is 4.79 Å². The van der Waals surface area contributed by atoms with Gasteiger partial charge in [-0.3, -0.25) is 10.3 Å². The Kier molecular flexibility index (Phi) is 5.78. The summed E-state index contributed by atoms with van der Waals surface area (Å²) in [6.07, 6.45) is 4.29. The normalized spacial score (nSPS) is 11.1. The zero-order valence-electron chi connectivity index (χ0n) is 8.41. The van der Waals surface area contributed by atoms with Gasteiger partial charge in [-0.15, -0.1) is 0 Å². The number of allylic oxidation sites excluding steroid dienone is 4. The molecule has 0 heterocycles. The van der Waals surface area contributed by atoms with E-state index in [1.807, 2.05) is 0 Å². The van der Waals surface area contributed by atoms with Crippen molar-refractivity contribution >= 4 is 12.8 Å². The number of hydrogen-bond acceptors (Lipinski definition) is 3. The van der Waals surface area contributed by atoms with E-state index in [1.54, 1.807) is 26.0 Å². The molecule has 4 nitrogen and oxygen atoms in total. The van der Waals surface area contributed by atoms with Crippen molar-refractivity contribution in [3.63, 3.8) is 0 Å². The summed E-state index contributed by atoms with van der Waals surface area (Å²) in [5.41, 5.74) is 0.649. The van der Waals surface area contributed by atoms with Crippen LogP contribution in [0.5, 0.6) is 0 Å². The first-order valence-electron chi connectivity index (χ1n) is 4.00. The molecule has 0 fully saturated rings. The molecule has 14 heavy (non-hydrogen) atoms. The molecule has 0 atom stereocenters. The minimum atomic E-state index is -0.550. The van der Waals surface area contributed by atoms with Crippen LogP contribution < -0.4 is 5.32 Å². The summed E-state index contributed by atoms with van der Waals surface area (Å²) in [5.74, 6) is 0.346. The van der Waals surface area contributed by atoms with Crippen molar-refractivity contribution in [1.29, 1.82) is 0 Å². The molecule has 76 valence electrons. The van der Waals surface area contributed by atoms with Crippen molar-refractivity contribution in [1.82, 2.24) is 5.32 Å². The number of alkyl carbamates (subject to hydrolysis) is 1. The number of rotatable bonds is 4. The van der Waals surface area contributed by atoms with E-state index in [-0.39, 0.29) is 0 Å². The number of amides is 1. The number of carbonyl (C=O) groups excluding carboxylic acids is 1. The van der Waals surface area contributed by atoms with Crippen molar-refractivity contribution in [3.05, 3.63) is 36.4 Å². The smallest absolute Gasteiger partial charge is 0.416 e. The van der Waals surface area contributed by atoms with Crippen LogP contribution >= 0.6 is 0 Å². The number of nitrogens with one attached hydrogen (secondary N) is 1. The standard InChI is InChI=1S/C10H14N2O2/c1-8(2)14-10(13)12-9(3)6-5-7-11-4/h5-7H,1,4H2,2-3H3,(H,12,13)/b7-5-,9-6+. The third kappa shape index (κ3) is 6.84. The lowest BCUT2D eigenvalue weighted by Crippen LogP contribution is -2.21. The van der Waals surface area contributed by atoms with Gasteiger partial charge in [-0.1, -0.05) is 6.58 Å². The molecule has 1 amide bonds. The fourth-order valence-electron chi connectivity index (χ4n) is 0.635. The topological polar surface area (TPSA) is 50.7 Å². The molecule has 0 aromatic rings. The second kappa shape index (κ2) is 6.65. The number of hydrogen-bond donors (Lipinski definition) is 1. The molecule has 0 unspecified atom stereocenters. The van der Waals surface area contributed by atoms with Gasteiger partial charge >= 0.3 is 6.09 Å².